The molecule has 3 aliphatic rings. The minimum Gasteiger partial charge on any atom is -0.467 e. The van der Waals surface area contributed by atoms with Crippen LogP contribution in [0, 0.1) is 0 Å². The van der Waals surface area contributed by atoms with Crippen LogP contribution in [0.15, 0.2) is 16.7 Å². The summed E-state index contributed by atoms with van der Waals surface area (Å²) in [5, 5.41) is 0. The van der Waals surface area contributed by atoms with Crippen molar-refractivity contribution in [2.75, 3.05) is 46.4 Å². The Morgan fingerprint density at radius 2 is 1.96 bits per heavy atom. The second-order valence-electron chi connectivity index (χ2n) is 7.28. The number of furan rings is 1. The molecule has 2 atom stereocenters. The van der Waals surface area contributed by atoms with Crippen LogP contribution in [0.2, 0.25) is 0 Å². The van der Waals surface area contributed by atoms with Crippen LogP contribution >= 0.6 is 0 Å². The van der Waals surface area contributed by atoms with Gasteiger partial charge in [0.05, 0.1) is 25.3 Å². The summed E-state index contributed by atoms with van der Waals surface area (Å²) in [6, 6.07) is 3.08. The van der Waals surface area contributed by atoms with Crippen molar-refractivity contribution in [3.8, 4) is 0 Å². The van der Waals surface area contributed by atoms with E-state index in [9.17, 15) is 4.79 Å². The molecule has 1 aromatic rings. The number of carbonyl (C=O) groups is 1. The molecule has 0 saturated carbocycles. The number of likely N-dealkylation sites (tertiary alicyclic amines) is 1. The second-order valence-corrected chi connectivity index (χ2v) is 7.28. The van der Waals surface area contributed by atoms with Crippen molar-refractivity contribution in [1.29, 1.82) is 0 Å². The number of morpholine rings is 1. The van der Waals surface area contributed by atoms with Gasteiger partial charge in [-0.25, -0.2) is 0 Å². The molecule has 6 heteroatoms. The molecule has 4 rings (SSSR count). The Bertz CT molecular complexity index is 582. The molecule has 2 bridgehead atoms. The Morgan fingerprint density at radius 1 is 1.17 bits per heavy atom. The van der Waals surface area contributed by atoms with Crippen molar-refractivity contribution in [1.82, 2.24) is 14.7 Å². The van der Waals surface area contributed by atoms with Crippen LogP contribution in [0.25, 0.3) is 0 Å². The van der Waals surface area contributed by atoms with Gasteiger partial charge in [-0.05, 0) is 32.4 Å². The Labute approximate surface area is 143 Å². The maximum absolute atomic E-state index is 12.9. The summed E-state index contributed by atoms with van der Waals surface area (Å²) in [6.45, 7) is 5.85. The zero-order chi connectivity index (χ0) is 16.5. The molecule has 132 valence electrons. The van der Waals surface area contributed by atoms with Crippen LogP contribution in [0.4, 0.5) is 0 Å². The SMILES string of the molecule is CN1[C@H]2CC[C@@H]1CN(C(=O)c1coc(CN3CCOCC3)c1)CC2. The van der Waals surface area contributed by atoms with Gasteiger partial charge in [0.15, 0.2) is 0 Å². The Morgan fingerprint density at radius 3 is 2.79 bits per heavy atom. The molecule has 0 aliphatic carbocycles. The topological polar surface area (TPSA) is 49.2 Å². The van der Waals surface area contributed by atoms with Crippen molar-refractivity contribution in [3.05, 3.63) is 23.7 Å². The molecule has 0 spiro atoms. The van der Waals surface area contributed by atoms with Gasteiger partial charge in [-0.1, -0.05) is 0 Å². The minimum atomic E-state index is 0.118. The van der Waals surface area contributed by atoms with E-state index < -0.39 is 0 Å². The second kappa shape index (κ2) is 6.86. The molecule has 3 fully saturated rings. The lowest BCUT2D eigenvalue weighted by Crippen LogP contribution is -2.39. The zero-order valence-corrected chi connectivity index (χ0v) is 14.4. The summed E-state index contributed by atoms with van der Waals surface area (Å²) in [7, 11) is 2.20. The molecule has 0 radical (unpaired) electrons. The van der Waals surface area contributed by atoms with Crippen LogP contribution in [-0.2, 0) is 11.3 Å². The maximum Gasteiger partial charge on any atom is 0.257 e. The number of nitrogens with zero attached hydrogens (tertiary/aromatic N) is 3. The third-order valence-electron chi connectivity index (χ3n) is 5.82. The van der Waals surface area contributed by atoms with Crippen molar-refractivity contribution in [2.24, 2.45) is 0 Å². The van der Waals surface area contributed by atoms with E-state index in [1.54, 1.807) is 6.26 Å². The molecule has 1 amide bonds. The number of hydrogen-bond donors (Lipinski definition) is 0. The zero-order valence-electron chi connectivity index (χ0n) is 14.4. The lowest BCUT2D eigenvalue weighted by atomic mass is 10.1. The molecule has 6 nitrogen and oxygen atoms in total. The van der Waals surface area contributed by atoms with Gasteiger partial charge in [0.25, 0.3) is 5.91 Å². The van der Waals surface area contributed by atoms with Gasteiger partial charge >= 0.3 is 0 Å². The van der Waals surface area contributed by atoms with E-state index in [0.717, 1.165) is 58.1 Å². The first-order valence-electron chi connectivity index (χ1n) is 9.09. The highest BCUT2D eigenvalue weighted by molar-refractivity contribution is 5.94. The molecular weight excluding hydrogens is 306 g/mol. The number of likely N-dealkylation sites (N-methyl/N-ethyl adjacent to an activating group) is 1. The normalized spacial score (nSPS) is 29.0. The van der Waals surface area contributed by atoms with E-state index in [1.807, 2.05) is 11.0 Å². The first-order chi connectivity index (χ1) is 11.7. The van der Waals surface area contributed by atoms with E-state index in [1.165, 1.54) is 12.8 Å². The minimum absolute atomic E-state index is 0.118. The van der Waals surface area contributed by atoms with Gasteiger partial charge in [-0.2, -0.15) is 0 Å². The number of fused-ring (bicyclic) bond motifs is 2. The first kappa shape index (κ1) is 16.1. The average Bonchev–Trinajstić information content (AvgIpc) is 3.13. The third kappa shape index (κ3) is 3.23. The van der Waals surface area contributed by atoms with Crippen molar-refractivity contribution >= 4 is 5.91 Å². The largest absolute Gasteiger partial charge is 0.467 e. The van der Waals surface area contributed by atoms with E-state index in [4.69, 9.17) is 9.15 Å². The quantitative estimate of drug-likeness (QED) is 0.837. The molecular formula is C18H27N3O3. The van der Waals surface area contributed by atoms with Crippen molar-refractivity contribution in [3.63, 3.8) is 0 Å². The lowest BCUT2D eigenvalue weighted by molar-refractivity contribution is 0.0313. The van der Waals surface area contributed by atoms with Crippen LogP contribution in [0.5, 0.6) is 0 Å². The van der Waals surface area contributed by atoms with E-state index >= 15 is 0 Å². The van der Waals surface area contributed by atoms with Crippen molar-refractivity contribution in [2.45, 2.75) is 37.9 Å². The summed E-state index contributed by atoms with van der Waals surface area (Å²) >= 11 is 0. The third-order valence-corrected chi connectivity index (χ3v) is 5.82. The lowest BCUT2D eigenvalue weighted by Gasteiger charge is -2.25. The van der Waals surface area contributed by atoms with Gasteiger partial charge in [-0.3, -0.25) is 14.6 Å². The summed E-state index contributed by atoms with van der Waals surface area (Å²) in [6.07, 6.45) is 5.19. The predicted octanol–water partition coefficient (Wildman–Crippen LogP) is 1.42. The molecule has 3 saturated heterocycles. The van der Waals surface area contributed by atoms with E-state index in [-0.39, 0.29) is 5.91 Å². The fourth-order valence-corrected chi connectivity index (χ4v) is 4.23. The highest BCUT2D eigenvalue weighted by Gasteiger charge is 2.36. The summed E-state index contributed by atoms with van der Waals surface area (Å²) in [4.78, 5) is 19.6. The standard InChI is InChI=1S/C18H27N3O3/c1-19-15-2-3-16(19)11-21(5-4-15)18(22)14-10-17(24-13-14)12-20-6-8-23-9-7-20/h10,13,15-16H,2-9,11-12H2,1H3/t15-,16+/m0/s1. The summed E-state index contributed by atoms with van der Waals surface area (Å²) < 4.78 is 11.0. The molecule has 3 aliphatic heterocycles. The molecule has 0 unspecified atom stereocenters. The molecule has 4 heterocycles. The van der Waals surface area contributed by atoms with E-state index in [0.29, 0.717) is 17.6 Å². The van der Waals surface area contributed by atoms with Crippen molar-refractivity contribution < 1.29 is 13.9 Å². The van der Waals surface area contributed by atoms with Crippen LogP contribution in [0.1, 0.15) is 35.4 Å². The summed E-state index contributed by atoms with van der Waals surface area (Å²) in [5.74, 6) is 0.988. The van der Waals surface area contributed by atoms with Gasteiger partial charge in [0, 0.05) is 38.3 Å². The van der Waals surface area contributed by atoms with Gasteiger partial charge in [0.2, 0.25) is 0 Å². The Hall–Kier alpha value is -1.37. The highest BCUT2D eigenvalue weighted by Crippen LogP contribution is 2.29. The fourth-order valence-electron chi connectivity index (χ4n) is 4.23. The molecule has 24 heavy (non-hydrogen) atoms. The van der Waals surface area contributed by atoms with Gasteiger partial charge < -0.3 is 14.1 Å². The molecule has 0 aromatic carbocycles. The van der Waals surface area contributed by atoms with Gasteiger partial charge in [-0.15, -0.1) is 0 Å². The number of amides is 1. The predicted molar refractivity (Wildman–Crippen MR) is 89.9 cm³/mol. The Balaban J connectivity index is 1.39. The smallest absolute Gasteiger partial charge is 0.257 e. The Kier molecular flexibility index (Phi) is 4.61. The fraction of sp³-hybridized carbons (Fsp3) is 0.722. The van der Waals surface area contributed by atoms with Crippen LogP contribution < -0.4 is 0 Å². The average molecular weight is 333 g/mol. The monoisotopic (exact) mass is 333 g/mol. The first-order valence-corrected chi connectivity index (χ1v) is 9.09. The summed E-state index contributed by atoms with van der Waals surface area (Å²) in [5.41, 5.74) is 0.693. The maximum atomic E-state index is 12.9. The number of rotatable bonds is 3. The number of ether oxygens (including phenoxy) is 1. The highest BCUT2D eigenvalue weighted by atomic mass is 16.5. The van der Waals surface area contributed by atoms with Gasteiger partial charge in [0.1, 0.15) is 12.0 Å². The number of carbonyl (C=O) groups excluding carboxylic acids is 1. The molecule has 0 N–H and O–H groups in total. The van der Waals surface area contributed by atoms with Crippen LogP contribution in [-0.4, -0.2) is 79.1 Å². The van der Waals surface area contributed by atoms with E-state index in [2.05, 4.69) is 16.8 Å². The molecule has 1 aromatic heterocycles. The van der Waals surface area contributed by atoms with Crippen LogP contribution in [0.3, 0.4) is 0 Å². The number of hydrogen-bond acceptors (Lipinski definition) is 5.